The predicted octanol–water partition coefficient (Wildman–Crippen LogP) is 5.61. The quantitative estimate of drug-likeness (QED) is 0.593. The molecule has 0 amide bonds. The number of benzene rings is 2. The Morgan fingerprint density at radius 2 is 1.78 bits per heavy atom. The highest BCUT2D eigenvalue weighted by atomic mass is 35.5. The molecule has 1 saturated heterocycles. The van der Waals surface area contributed by atoms with E-state index >= 15 is 0 Å². The maximum atomic E-state index is 10.1. The first kappa shape index (κ1) is 22.2. The smallest absolute Gasteiger partial charge is 0.119 e. The van der Waals surface area contributed by atoms with E-state index < -0.39 is 6.10 Å². The van der Waals surface area contributed by atoms with E-state index in [1.165, 1.54) is 44.1 Å². The molecule has 2 saturated carbocycles. The molecule has 3 fully saturated rings. The highest BCUT2D eigenvalue weighted by Gasteiger charge is 2.46. The molecule has 1 aliphatic heterocycles. The molecule has 0 bridgehead atoms. The summed E-state index contributed by atoms with van der Waals surface area (Å²) in [4.78, 5) is 0. The molecule has 2 aromatic rings. The van der Waals surface area contributed by atoms with Crippen molar-refractivity contribution in [1.82, 2.24) is 0 Å². The largest absolute Gasteiger partial charge is 0.490 e. The van der Waals surface area contributed by atoms with Crippen molar-refractivity contribution in [2.24, 2.45) is 5.41 Å². The third-order valence-electron chi connectivity index (χ3n) is 7.63. The normalized spacial score (nSPS) is 27.4. The standard InChI is InChI=1S/C27H33ClO4/c28-25-8-5-19(26-14-21(30)13-23(17-29)32-26)12-20(25)11-18-3-6-22(7-4-18)31-24-15-27(16-24)9-1-2-10-27/h3-8,12,21,23-24,26,29-30H,1-2,9-11,13-17H2/t21-,23-,26+/m0/s1. The summed E-state index contributed by atoms with van der Waals surface area (Å²) < 4.78 is 12.2. The second-order valence-corrected chi connectivity index (χ2v) is 10.5. The number of aliphatic hydroxyl groups excluding tert-OH is 2. The summed E-state index contributed by atoms with van der Waals surface area (Å²) in [5.74, 6) is 0.950. The molecule has 2 aliphatic carbocycles. The SMILES string of the molecule is OC[C@@H]1C[C@H](O)C[C@H](c2ccc(Cl)c(Cc3ccc(OC4CC5(CCCC5)C4)cc3)c2)O1. The third-order valence-corrected chi connectivity index (χ3v) is 8.00. The van der Waals surface area contributed by atoms with Gasteiger partial charge in [-0.3, -0.25) is 0 Å². The molecular weight excluding hydrogens is 424 g/mol. The number of ether oxygens (including phenoxy) is 2. The second kappa shape index (κ2) is 9.34. The van der Waals surface area contributed by atoms with Crippen molar-refractivity contribution in [3.63, 3.8) is 0 Å². The second-order valence-electron chi connectivity index (χ2n) is 10.1. The van der Waals surface area contributed by atoms with Gasteiger partial charge in [-0.2, -0.15) is 0 Å². The average molecular weight is 457 g/mol. The van der Waals surface area contributed by atoms with Gasteiger partial charge in [0.15, 0.2) is 0 Å². The monoisotopic (exact) mass is 456 g/mol. The summed E-state index contributed by atoms with van der Waals surface area (Å²) in [5, 5.41) is 20.3. The lowest BCUT2D eigenvalue weighted by Gasteiger charge is -2.45. The minimum Gasteiger partial charge on any atom is -0.490 e. The van der Waals surface area contributed by atoms with Crippen molar-refractivity contribution in [2.45, 2.75) is 82.2 Å². The van der Waals surface area contributed by atoms with Crippen LogP contribution in [0.5, 0.6) is 5.75 Å². The molecule has 0 radical (unpaired) electrons. The minimum atomic E-state index is -0.461. The summed E-state index contributed by atoms with van der Waals surface area (Å²) in [7, 11) is 0. The van der Waals surface area contributed by atoms with Gasteiger partial charge in [-0.25, -0.2) is 0 Å². The van der Waals surface area contributed by atoms with Gasteiger partial charge < -0.3 is 19.7 Å². The fraction of sp³-hybridized carbons (Fsp3) is 0.556. The van der Waals surface area contributed by atoms with Gasteiger partial charge in [0.05, 0.1) is 31.0 Å². The van der Waals surface area contributed by atoms with E-state index in [1.54, 1.807) is 0 Å². The van der Waals surface area contributed by atoms with Crippen LogP contribution in [-0.2, 0) is 11.2 Å². The van der Waals surface area contributed by atoms with E-state index in [2.05, 4.69) is 30.3 Å². The zero-order valence-electron chi connectivity index (χ0n) is 18.5. The van der Waals surface area contributed by atoms with Gasteiger partial charge in [0, 0.05) is 17.9 Å². The van der Waals surface area contributed by atoms with E-state index in [9.17, 15) is 10.2 Å². The number of aliphatic hydroxyl groups is 2. The summed E-state index contributed by atoms with van der Waals surface area (Å²) in [6.07, 6.45) is 9.07. The van der Waals surface area contributed by atoms with Crippen LogP contribution in [0, 0.1) is 5.41 Å². The van der Waals surface area contributed by atoms with Crippen molar-refractivity contribution in [1.29, 1.82) is 0 Å². The molecule has 1 heterocycles. The molecule has 2 N–H and O–H groups in total. The Hall–Kier alpha value is -1.59. The fourth-order valence-corrected chi connectivity index (χ4v) is 6.06. The molecule has 32 heavy (non-hydrogen) atoms. The van der Waals surface area contributed by atoms with Gasteiger partial charge in [-0.1, -0.05) is 48.7 Å². The van der Waals surface area contributed by atoms with Gasteiger partial charge in [0.25, 0.3) is 0 Å². The van der Waals surface area contributed by atoms with Crippen LogP contribution < -0.4 is 4.74 Å². The maximum absolute atomic E-state index is 10.1. The maximum Gasteiger partial charge on any atom is 0.119 e. The van der Waals surface area contributed by atoms with Crippen LogP contribution in [0.4, 0.5) is 0 Å². The van der Waals surface area contributed by atoms with Gasteiger partial charge >= 0.3 is 0 Å². The van der Waals surface area contributed by atoms with Gasteiger partial charge in [0.2, 0.25) is 0 Å². The van der Waals surface area contributed by atoms with E-state index in [4.69, 9.17) is 21.1 Å². The van der Waals surface area contributed by atoms with Gasteiger partial charge in [-0.05, 0) is 72.4 Å². The third kappa shape index (κ3) is 4.84. The van der Waals surface area contributed by atoms with E-state index in [0.717, 1.165) is 28.3 Å². The summed E-state index contributed by atoms with van der Waals surface area (Å²) >= 11 is 6.50. The molecule has 1 spiro atoms. The Morgan fingerprint density at radius 1 is 1.03 bits per heavy atom. The number of hydrogen-bond donors (Lipinski definition) is 2. The topological polar surface area (TPSA) is 58.9 Å². The molecule has 172 valence electrons. The van der Waals surface area contributed by atoms with Gasteiger partial charge in [0.1, 0.15) is 5.75 Å². The fourth-order valence-electron chi connectivity index (χ4n) is 5.87. The minimum absolute atomic E-state index is 0.0791. The van der Waals surface area contributed by atoms with Gasteiger partial charge in [-0.15, -0.1) is 0 Å². The summed E-state index contributed by atoms with van der Waals surface area (Å²) in [6.45, 7) is -0.0791. The number of halogens is 1. The Kier molecular flexibility index (Phi) is 6.48. The first-order chi connectivity index (χ1) is 15.5. The Labute approximate surface area is 195 Å². The summed E-state index contributed by atoms with van der Waals surface area (Å²) in [6, 6.07) is 14.3. The lowest BCUT2D eigenvalue weighted by Crippen LogP contribution is -2.42. The Balaban J connectivity index is 1.21. The Morgan fingerprint density at radius 3 is 2.50 bits per heavy atom. The highest BCUT2D eigenvalue weighted by Crippen LogP contribution is 2.54. The zero-order chi connectivity index (χ0) is 22.1. The molecule has 5 heteroatoms. The van der Waals surface area contributed by atoms with Crippen molar-refractivity contribution in [3.8, 4) is 5.75 Å². The molecular formula is C27H33ClO4. The predicted molar refractivity (Wildman–Crippen MR) is 125 cm³/mol. The number of rotatable bonds is 6. The lowest BCUT2D eigenvalue weighted by molar-refractivity contribution is -0.113. The molecule has 3 atom stereocenters. The van der Waals surface area contributed by atoms with Crippen LogP contribution >= 0.6 is 11.6 Å². The van der Waals surface area contributed by atoms with Crippen LogP contribution in [0.15, 0.2) is 42.5 Å². The zero-order valence-corrected chi connectivity index (χ0v) is 19.3. The van der Waals surface area contributed by atoms with E-state index in [-0.39, 0.29) is 18.8 Å². The lowest BCUT2D eigenvalue weighted by atomic mass is 9.65. The molecule has 0 unspecified atom stereocenters. The van der Waals surface area contributed by atoms with Crippen molar-refractivity contribution in [3.05, 3.63) is 64.2 Å². The molecule has 4 nitrogen and oxygen atoms in total. The Bertz CT molecular complexity index is 914. The first-order valence-electron chi connectivity index (χ1n) is 12.0. The summed E-state index contributed by atoms with van der Waals surface area (Å²) in [5.41, 5.74) is 3.80. The number of hydrogen-bond acceptors (Lipinski definition) is 4. The van der Waals surface area contributed by atoms with Crippen LogP contribution in [0.3, 0.4) is 0 Å². The van der Waals surface area contributed by atoms with E-state index in [1.807, 2.05) is 12.1 Å². The molecule has 5 rings (SSSR count). The van der Waals surface area contributed by atoms with Crippen molar-refractivity contribution in [2.75, 3.05) is 6.61 Å². The van der Waals surface area contributed by atoms with Crippen LogP contribution in [0.25, 0.3) is 0 Å². The molecule has 3 aliphatic rings. The molecule has 0 aromatic heterocycles. The van der Waals surface area contributed by atoms with Crippen LogP contribution in [0.1, 0.15) is 74.2 Å². The highest BCUT2D eigenvalue weighted by molar-refractivity contribution is 6.31. The van der Waals surface area contributed by atoms with E-state index in [0.29, 0.717) is 24.4 Å². The van der Waals surface area contributed by atoms with Crippen LogP contribution in [0.2, 0.25) is 5.02 Å². The average Bonchev–Trinajstić information content (AvgIpc) is 3.26. The van der Waals surface area contributed by atoms with Crippen molar-refractivity contribution < 1.29 is 19.7 Å². The first-order valence-corrected chi connectivity index (χ1v) is 12.4. The van der Waals surface area contributed by atoms with Crippen molar-refractivity contribution >= 4 is 11.6 Å². The molecule has 2 aromatic carbocycles. The van der Waals surface area contributed by atoms with Crippen LogP contribution in [-0.4, -0.2) is 35.1 Å².